The summed E-state index contributed by atoms with van der Waals surface area (Å²) in [4.78, 5) is 0. The lowest BCUT2D eigenvalue weighted by molar-refractivity contribution is -0.0103. The topological polar surface area (TPSA) is 21.3 Å². The van der Waals surface area contributed by atoms with Crippen LogP contribution in [0.25, 0.3) is 0 Å². The zero-order chi connectivity index (χ0) is 13.5. The molecule has 0 bridgehead atoms. The van der Waals surface area contributed by atoms with Gasteiger partial charge in [0.05, 0.1) is 6.61 Å². The van der Waals surface area contributed by atoms with E-state index >= 15 is 0 Å². The minimum absolute atomic E-state index is 0.266. The van der Waals surface area contributed by atoms with Crippen LogP contribution in [0.4, 0.5) is 0 Å². The van der Waals surface area contributed by atoms with E-state index in [9.17, 15) is 0 Å². The molecule has 1 N–H and O–H groups in total. The van der Waals surface area contributed by atoms with Crippen molar-refractivity contribution in [3.63, 3.8) is 0 Å². The molecule has 0 aliphatic rings. The Bertz CT molecular complexity index is 181. The smallest absolute Gasteiger partial charge is 0.0535 e. The van der Waals surface area contributed by atoms with Gasteiger partial charge in [0.25, 0.3) is 0 Å². The van der Waals surface area contributed by atoms with Gasteiger partial charge in [0.1, 0.15) is 0 Å². The number of methoxy groups -OCH3 is 1. The lowest BCUT2D eigenvalue weighted by Gasteiger charge is -2.44. The quantitative estimate of drug-likeness (QED) is 0.666. The van der Waals surface area contributed by atoms with Gasteiger partial charge in [-0.25, -0.2) is 0 Å². The van der Waals surface area contributed by atoms with Crippen LogP contribution in [-0.2, 0) is 4.74 Å². The van der Waals surface area contributed by atoms with Gasteiger partial charge in [0.15, 0.2) is 0 Å². The van der Waals surface area contributed by atoms with E-state index in [0.717, 1.165) is 13.2 Å². The molecule has 17 heavy (non-hydrogen) atoms. The number of hydrogen-bond donors (Lipinski definition) is 1. The van der Waals surface area contributed by atoms with Gasteiger partial charge in [0.2, 0.25) is 0 Å². The second kappa shape index (κ2) is 8.10. The molecule has 2 nitrogen and oxygen atoms in total. The highest BCUT2D eigenvalue weighted by Gasteiger charge is 2.39. The molecule has 0 radical (unpaired) electrons. The molecule has 0 saturated carbocycles. The SMILES string of the molecule is CCC(C)C(CNC(C)C)(COC)C(C)CC. The standard InChI is InChI=1S/C15H33NO/c1-8-13(5)15(11-17-7,14(6)9-2)10-16-12(3)4/h12-14,16H,8-11H2,1-7H3. The molecule has 0 amide bonds. The van der Waals surface area contributed by atoms with E-state index in [1.807, 2.05) is 7.11 Å². The van der Waals surface area contributed by atoms with Gasteiger partial charge in [-0.05, 0) is 11.8 Å². The molecule has 0 heterocycles. The van der Waals surface area contributed by atoms with Gasteiger partial charge in [0, 0.05) is 25.1 Å². The van der Waals surface area contributed by atoms with E-state index in [-0.39, 0.29) is 5.41 Å². The lowest BCUT2D eigenvalue weighted by atomic mass is 9.66. The Morgan fingerprint density at radius 3 is 1.76 bits per heavy atom. The zero-order valence-electron chi connectivity index (χ0n) is 13.0. The fourth-order valence-corrected chi connectivity index (χ4v) is 2.65. The van der Waals surface area contributed by atoms with Crippen molar-refractivity contribution in [3.8, 4) is 0 Å². The van der Waals surface area contributed by atoms with Crippen LogP contribution in [0.3, 0.4) is 0 Å². The van der Waals surface area contributed by atoms with Crippen LogP contribution in [-0.4, -0.2) is 26.3 Å². The number of hydrogen-bond acceptors (Lipinski definition) is 2. The maximum Gasteiger partial charge on any atom is 0.0535 e. The Labute approximate surface area is 109 Å². The normalized spacial score (nSPS) is 19.1. The Hall–Kier alpha value is -0.0800. The summed E-state index contributed by atoms with van der Waals surface area (Å²) in [5.74, 6) is 1.37. The van der Waals surface area contributed by atoms with Crippen molar-refractivity contribution < 1.29 is 4.74 Å². The molecule has 2 unspecified atom stereocenters. The first-order valence-electron chi connectivity index (χ1n) is 7.16. The van der Waals surface area contributed by atoms with Gasteiger partial charge in [-0.1, -0.05) is 54.4 Å². The van der Waals surface area contributed by atoms with Crippen molar-refractivity contribution in [2.75, 3.05) is 20.3 Å². The first kappa shape index (κ1) is 16.9. The highest BCUT2D eigenvalue weighted by atomic mass is 16.5. The summed E-state index contributed by atoms with van der Waals surface area (Å²) in [6.45, 7) is 15.6. The maximum absolute atomic E-state index is 5.55. The summed E-state index contributed by atoms with van der Waals surface area (Å²) >= 11 is 0. The molecule has 0 aliphatic carbocycles. The first-order valence-corrected chi connectivity index (χ1v) is 7.16. The van der Waals surface area contributed by atoms with E-state index < -0.39 is 0 Å². The van der Waals surface area contributed by atoms with Crippen molar-refractivity contribution in [2.45, 2.75) is 60.4 Å². The molecule has 0 aromatic rings. The third kappa shape index (κ3) is 4.59. The fourth-order valence-electron chi connectivity index (χ4n) is 2.65. The van der Waals surface area contributed by atoms with Crippen LogP contribution in [0, 0.1) is 17.3 Å². The summed E-state index contributed by atoms with van der Waals surface area (Å²) in [5, 5.41) is 3.62. The molecule has 0 aromatic heterocycles. The molecular weight excluding hydrogens is 210 g/mol. The average molecular weight is 243 g/mol. The highest BCUT2D eigenvalue weighted by Crippen LogP contribution is 2.39. The molecule has 2 heteroatoms. The summed E-state index contributed by atoms with van der Waals surface area (Å²) < 4.78 is 5.55. The third-order valence-corrected chi connectivity index (χ3v) is 4.44. The summed E-state index contributed by atoms with van der Waals surface area (Å²) in [7, 11) is 1.83. The highest BCUT2D eigenvalue weighted by molar-refractivity contribution is 4.90. The van der Waals surface area contributed by atoms with Crippen LogP contribution >= 0.6 is 0 Å². The molecular formula is C15H33NO. The van der Waals surface area contributed by atoms with Gasteiger partial charge in [-0.3, -0.25) is 0 Å². The molecule has 0 spiro atoms. The zero-order valence-corrected chi connectivity index (χ0v) is 13.0. The van der Waals surface area contributed by atoms with Gasteiger partial charge >= 0.3 is 0 Å². The third-order valence-electron chi connectivity index (χ3n) is 4.44. The van der Waals surface area contributed by atoms with Crippen LogP contribution < -0.4 is 5.32 Å². The van der Waals surface area contributed by atoms with Crippen LogP contribution in [0.5, 0.6) is 0 Å². The minimum Gasteiger partial charge on any atom is -0.384 e. The molecule has 0 fully saturated rings. The minimum atomic E-state index is 0.266. The van der Waals surface area contributed by atoms with E-state index in [4.69, 9.17) is 4.74 Å². The Kier molecular flexibility index (Phi) is 8.06. The molecule has 2 atom stereocenters. The molecule has 0 aliphatic heterocycles. The Balaban J connectivity index is 4.94. The van der Waals surface area contributed by atoms with Crippen molar-refractivity contribution in [3.05, 3.63) is 0 Å². The Morgan fingerprint density at radius 1 is 1.00 bits per heavy atom. The van der Waals surface area contributed by atoms with Crippen LogP contribution in [0.2, 0.25) is 0 Å². The number of ether oxygens (including phenoxy) is 1. The maximum atomic E-state index is 5.55. The number of rotatable bonds is 9. The summed E-state index contributed by atoms with van der Waals surface area (Å²) in [6.07, 6.45) is 2.43. The van der Waals surface area contributed by atoms with Crippen molar-refractivity contribution in [2.24, 2.45) is 17.3 Å². The molecule has 0 rings (SSSR count). The second-order valence-corrected chi connectivity index (χ2v) is 5.82. The van der Waals surface area contributed by atoms with Crippen molar-refractivity contribution in [1.29, 1.82) is 0 Å². The van der Waals surface area contributed by atoms with E-state index in [1.165, 1.54) is 12.8 Å². The second-order valence-electron chi connectivity index (χ2n) is 5.82. The van der Waals surface area contributed by atoms with E-state index in [0.29, 0.717) is 17.9 Å². The Morgan fingerprint density at radius 2 is 1.47 bits per heavy atom. The van der Waals surface area contributed by atoms with Crippen LogP contribution in [0.15, 0.2) is 0 Å². The van der Waals surface area contributed by atoms with Crippen LogP contribution in [0.1, 0.15) is 54.4 Å². The van der Waals surface area contributed by atoms with E-state index in [1.54, 1.807) is 0 Å². The predicted molar refractivity (Wildman–Crippen MR) is 76.4 cm³/mol. The fraction of sp³-hybridized carbons (Fsp3) is 1.00. The lowest BCUT2D eigenvalue weighted by Crippen LogP contribution is -2.48. The average Bonchev–Trinajstić information content (AvgIpc) is 2.32. The van der Waals surface area contributed by atoms with Crippen molar-refractivity contribution >= 4 is 0 Å². The number of nitrogens with one attached hydrogen (secondary N) is 1. The van der Waals surface area contributed by atoms with Gasteiger partial charge in [-0.15, -0.1) is 0 Å². The largest absolute Gasteiger partial charge is 0.384 e. The van der Waals surface area contributed by atoms with Gasteiger partial charge in [-0.2, -0.15) is 0 Å². The first-order chi connectivity index (χ1) is 7.94. The molecule has 0 aromatic carbocycles. The molecule has 104 valence electrons. The predicted octanol–water partition coefficient (Wildman–Crippen LogP) is 3.71. The van der Waals surface area contributed by atoms with Gasteiger partial charge < -0.3 is 10.1 Å². The molecule has 0 saturated heterocycles. The van der Waals surface area contributed by atoms with E-state index in [2.05, 4.69) is 46.9 Å². The summed E-state index contributed by atoms with van der Waals surface area (Å²) in [6, 6.07) is 0.541. The van der Waals surface area contributed by atoms with Crippen molar-refractivity contribution in [1.82, 2.24) is 5.32 Å². The summed E-state index contributed by atoms with van der Waals surface area (Å²) in [5.41, 5.74) is 0.266. The monoisotopic (exact) mass is 243 g/mol.